The number of rotatable bonds is 4. The Hall–Kier alpha value is -1.39. The van der Waals surface area contributed by atoms with Crippen LogP contribution in [0.4, 0.5) is 0 Å². The maximum absolute atomic E-state index is 12.2. The van der Waals surface area contributed by atoms with Crippen molar-refractivity contribution in [2.24, 2.45) is 11.8 Å². The highest BCUT2D eigenvalue weighted by Crippen LogP contribution is 2.34. The van der Waals surface area contributed by atoms with Gasteiger partial charge in [0, 0.05) is 25.7 Å². The Balaban J connectivity index is 1.56. The van der Waals surface area contributed by atoms with E-state index in [1.165, 1.54) is 5.56 Å². The molecule has 0 radical (unpaired) electrons. The van der Waals surface area contributed by atoms with Crippen LogP contribution in [0.3, 0.4) is 0 Å². The van der Waals surface area contributed by atoms with Crippen molar-refractivity contribution < 1.29 is 14.3 Å². The first-order valence-corrected chi connectivity index (χ1v) is 7.81. The Morgan fingerprint density at radius 3 is 2.67 bits per heavy atom. The molecule has 1 amide bonds. The summed E-state index contributed by atoms with van der Waals surface area (Å²) in [5.41, 5.74) is 1.19. The molecule has 1 aromatic carbocycles. The van der Waals surface area contributed by atoms with Crippen LogP contribution in [0.25, 0.3) is 0 Å². The lowest BCUT2D eigenvalue weighted by Crippen LogP contribution is -2.40. The maximum Gasteiger partial charge on any atom is 0.249 e. The van der Waals surface area contributed by atoms with E-state index in [-0.39, 0.29) is 18.1 Å². The van der Waals surface area contributed by atoms with Crippen molar-refractivity contribution in [3.05, 3.63) is 35.9 Å². The molecule has 4 nitrogen and oxygen atoms in total. The van der Waals surface area contributed by atoms with Crippen molar-refractivity contribution >= 4 is 5.91 Å². The normalized spacial score (nSPS) is 32.2. The van der Waals surface area contributed by atoms with Gasteiger partial charge in [0.05, 0.1) is 6.10 Å². The molecule has 114 valence electrons. The van der Waals surface area contributed by atoms with Gasteiger partial charge in [-0.05, 0) is 24.3 Å². The molecule has 4 heteroatoms. The first-order chi connectivity index (χ1) is 10.3. The number of amides is 1. The van der Waals surface area contributed by atoms with Gasteiger partial charge >= 0.3 is 0 Å². The molecule has 2 fully saturated rings. The zero-order chi connectivity index (χ0) is 14.7. The second-order valence-corrected chi connectivity index (χ2v) is 6.05. The zero-order valence-electron chi connectivity index (χ0n) is 12.5. The molecular weight excluding hydrogens is 266 g/mol. The number of nitrogens with one attached hydrogen (secondary N) is 1. The Bertz CT molecular complexity index is 476. The van der Waals surface area contributed by atoms with Crippen LogP contribution in [0.1, 0.15) is 31.4 Å². The van der Waals surface area contributed by atoms with Gasteiger partial charge in [-0.2, -0.15) is 0 Å². The fourth-order valence-electron chi connectivity index (χ4n) is 3.22. The van der Waals surface area contributed by atoms with E-state index in [1.54, 1.807) is 0 Å². The van der Waals surface area contributed by atoms with Crippen LogP contribution in [0.5, 0.6) is 0 Å². The standard InChI is InChI=1S/C17H23NO3/c1-12-7-9-20-15(12)17(19)18-11-14-8-10-21-16(14)13-5-3-2-4-6-13/h2-6,12,14-16H,7-11H2,1H3,(H,18,19)/t12-,14-,15-,16-/m1/s1. The molecule has 1 aromatic rings. The lowest BCUT2D eigenvalue weighted by molar-refractivity contribution is -0.131. The van der Waals surface area contributed by atoms with Gasteiger partial charge < -0.3 is 14.8 Å². The summed E-state index contributed by atoms with van der Waals surface area (Å²) in [7, 11) is 0. The van der Waals surface area contributed by atoms with E-state index >= 15 is 0 Å². The molecule has 0 aromatic heterocycles. The molecular formula is C17H23NO3. The van der Waals surface area contributed by atoms with E-state index in [4.69, 9.17) is 9.47 Å². The molecule has 2 saturated heterocycles. The lowest BCUT2D eigenvalue weighted by atomic mass is 9.95. The highest BCUT2D eigenvalue weighted by molar-refractivity contribution is 5.81. The lowest BCUT2D eigenvalue weighted by Gasteiger charge is -2.21. The van der Waals surface area contributed by atoms with E-state index in [0.29, 0.717) is 25.0 Å². The topological polar surface area (TPSA) is 47.6 Å². The highest BCUT2D eigenvalue weighted by Gasteiger charge is 2.33. The summed E-state index contributed by atoms with van der Waals surface area (Å²) in [6.07, 6.45) is 1.77. The van der Waals surface area contributed by atoms with Crippen molar-refractivity contribution in [1.82, 2.24) is 5.32 Å². The van der Waals surface area contributed by atoms with Crippen LogP contribution in [0.2, 0.25) is 0 Å². The van der Waals surface area contributed by atoms with Crippen molar-refractivity contribution in [3.8, 4) is 0 Å². The summed E-state index contributed by atoms with van der Waals surface area (Å²) in [6, 6.07) is 10.2. The van der Waals surface area contributed by atoms with E-state index in [9.17, 15) is 4.79 Å². The molecule has 0 saturated carbocycles. The van der Waals surface area contributed by atoms with E-state index < -0.39 is 0 Å². The first kappa shape index (κ1) is 14.5. The van der Waals surface area contributed by atoms with Gasteiger partial charge in [-0.1, -0.05) is 37.3 Å². The number of hydrogen-bond donors (Lipinski definition) is 1. The molecule has 2 aliphatic rings. The Morgan fingerprint density at radius 1 is 1.19 bits per heavy atom. The molecule has 0 unspecified atom stereocenters. The van der Waals surface area contributed by atoms with Gasteiger partial charge in [-0.25, -0.2) is 0 Å². The number of carbonyl (C=O) groups excluding carboxylic acids is 1. The van der Waals surface area contributed by atoms with E-state index in [2.05, 4.69) is 24.4 Å². The van der Waals surface area contributed by atoms with Gasteiger partial charge in [0.25, 0.3) is 0 Å². The summed E-state index contributed by atoms with van der Waals surface area (Å²) in [5, 5.41) is 3.05. The number of hydrogen-bond acceptors (Lipinski definition) is 3. The van der Waals surface area contributed by atoms with Gasteiger partial charge in [0.1, 0.15) is 6.10 Å². The predicted octanol–water partition coefficient (Wildman–Crippen LogP) is 2.31. The highest BCUT2D eigenvalue weighted by atomic mass is 16.5. The minimum atomic E-state index is -0.275. The van der Waals surface area contributed by atoms with Gasteiger partial charge in [0.15, 0.2) is 0 Å². The fourth-order valence-corrected chi connectivity index (χ4v) is 3.22. The minimum absolute atomic E-state index is 0.0266. The summed E-state index contributed by atoms with van der Waals surface area (Å²) in [4.78, 5) is 12.2. The van der Waals surface area contributed by atoms with Crippen LogP contribution in [0.15, 0.2) is 30.3 Å². The van der Waals surface area contributed by atoms with Gasteiger partial charge in [0.2, 0.25) is 5.91 Å². The Morgan fingerprint density at radius 2 is 1.95 bits per heavy atom. The summed E-state index contributed by atoms with van der Waals surface area (Å²) in [6.45, 7) is 4.18. The summed E-state index contributed by atoms with van der Waals surface area (Å²) >= 11 is 0. The number of carbonyl (C=O) groups is 1. The third-order valence-corrected chi connectivity index (χ3v) is 4.53. The molecule has 4 atom stereocenters. The quantitative estimate of drug-likeness (QED) is 0.925. The van der Waals surface area contributed by atoms with E-state index in [0.717, 1.165) is 19.4 Å². The third-order valence-electron chi connectivity index (χ3n) is 4.53. The Labute approximate surface area is 125 Å². The molecule has 1 N–H and O–H groups in total. The van der Waals surface area contributed by atoms with Crippen molar-refractivity contribution in [2.45, 2.75) is 32.0 Å². The van der Waals surface area contributed by atoms with Crippen LogP contribution in [-0.4, -0.2) is 31.8 Å². The second kappa shape index (κ2) is 6.58. The minimum Gasteiger partial charge on any atom is -0.373 e. The Kier molecular flexibility index (Phi) is 4.56. The molecule has 2 heterocycles. The smallest absolute Gasteiger partial charge is 0.249 e. The first-order valence-electron chi connectivity index (χ1n) is 7.81. The third kappa shape index (κ3) is 3.27. The van der Waals surface area contributed by atoms with Gasteiger partial charge in [-0.15, -0.1) is 0 Å². The predicted molar refractivity (Wildman–Crippen MR) is 79.8 cm³/mol. The molecule has 0 aliphatic carbocycles. The van der Waals surface area contributed by atoms with Crippen molar-refractivity contribution in [3.63, 3.8) is 0 Å². The molecule has 3 rings (SSSR count). The number of ether oxygens (including phenoxy) is 2. The SMILES string of the molecule is C[C@@H]1CCO[C@H]1C(=O)NC[C@H]1CCO[C@@H]1c1ccccc1. The van der Waals surface area contributed by atoms with Crippen molar-refractivity contribution in [1.29, 1.82) is 0 Å². The monoisotopic (exact) mass is 289 g/mol. The van der Waals surface area contributed by atoms with Crippen LogP contribution in [0, 0.1) is 11.8 Å². The molecule has 21 heavy (non-hydrogen) atoms. The largest absolute Gasteiger partial charge is 0.373 e. The fraction of sp³-hybridized carbons (Fsp3) is 0.588. The summed E-state index contributed by atoms with van der Waals surface area (Å²) in [5.74, 6) is 0.682. The van der Waals surface area contributed by atoms with Gasteiger partial charge in [-0.3, -0.25) is 4.79 Å². The average Bonchev–Trinajstić information content (AvgIpc) is 3.14. The van der Waals surface area contributed by atoms with Crippen LogP contribution in [-0.2, 0) is 14.3 Å². The number of benzene rings is 1. The average molecular weight is 289 g/mol. The molecule has 0 bridgehead atoms. The summed E-state index contributed by atoms with van der Waals surface area (Å²) < 4.78 is 11.4. The van der Waals surface area contributed by atoms with Crippen LogP contribution < -0.4 is 5.32 Å². The second-order valence-electron chi connectivity index (χ2n) is 6.05. The molecule has 2 aliphatic heterocycles. The molecule has 0 spiro atoms. The van der Waals surface area contributed by atoms with Crippen molar-refractivity contribution in [2.75, 3.05) is 19.8 Å². The maximum atomic E-state index is 12.2. The zero-order valence-corrected chi connectivity index (χ0v) is 12.5. The van der Waals surface area contributed by atoms with Crippen LogP contribution >= 0.6 is 0 Å². The van der Waals surface area contributed by atoms with E-state index in [1.807, 2.05) is 18.2 Å².